The van der Waals surface area contributed by atoms with Crippen molar-refractivity contribution < 1.29 is 9.53 Å². The number of rotatable bonds is 9. The van der Waals surface area contributed by atoms with Gasteiger partial charge in [0.2, 0.25) is 5.91 Å². The summed E-state index contributed by atoms with van der Waals surface area (Å²) >= 11 is 4.91. The Hall–Kier alpha value is -2.32. The van der Waals surface area contributed by atoms with Gasteiger partial charge >= 0.3 is 0 Å². The molecule has 1 unspecified atom stereocenters. The predicted molar refractivity (Wildman–Crippen MR) is 143 cm³/mol. The largest absolute Gasteiger partial charge is 0.483 e. The first-order chi connectivity index (χ1) is 16.1. The van der Waals surface area contributed by atoms with Crippen molar-refractivity contribution in [2.75, 3.05) is 11.1 Å². The predicted octanol–water partition coefficient (Wildman–Crippen LogP) is 7.23. The number of ether oxygens (including phenoxy) is 1. The van der Waals surface area contributed by atoms with Gasteiger partial charge in [0.1, 0.15) is 5.75 Å². The topological polar surface area (TPSA) is 69.0 Å². The highest BCUT2D eigenvalue weighted by atomic mass is 79.9. The van der Waals surface area contributed by atoms with Gasteiger partial charge in [0.05, 0.1) is 5.75 Å². The number of benzene rings is 2. The lowest BCUT2D eigenvalue weighted by atomic mass is 10.0. The van der Waals surface area contributed by atoms with E-state index in [1.807, 2.05) is 49.6 Å². The van der Waals surface area contributed by atoms with Gasteiger partial charge in [0.15, 0.2) is 17.1 Å². The molecule has 1 amide bonds. The van der Waals surface area contributed by atoms with Crippen molar-refractivity contribution in [3.05, 3.63) is 63.4 Å². The van der Waals surface area contributed by atoms with Gasteiger partial charge in [-0.1, -0.05) is 53.7 Å². The summed E-state index contributed by atoms with van der Waals surface area (Å²) in [6, 6.07) is 12.2. The zero-order valence-electron chi connectivity index (χ0n) is 20.8. The van der Waals surface area contributed by atoms with Crippen LogP contribution in [0.25, 0.3) is 0 Å². The third kappa shape index (κ3) is 6.21. The maximum atomic E-state index is 12.6. The molecule has 2 aromatic carbocycles. The number of anilines is 1. The molecule has 1 atom stereocenters. The number of aromatic nitrogens is 3. The van der Waals surface area contributed by atoms with Crippen molar-refractivity contribution in [2.45, 2.75) is 71.7 Å². The van der Waals surface area contributed by atoms with Crippen LogP contribution in [0.5, 0.6) is 5.75 Å². The van der Waals surface area contributed by atoms with E-state index < -0.39 is 0 Å². The van der Waals surface area contributed by atoms with Crippen LogP contribution in [0.1, 0.15) is 75.2 Å². The van der Waals surface area contributed by atoms with Crippen molar-refractivity contribution >= 4 is 39.3 Å². The lowest BCUT2D eigenvalue weighted by Crippen LogP contribution is -2.17. The number of carbonyl (C=O) groups excluding carboxylic acids is 1. The van der Waals surface area contributed by atoms with Crippen molar-refractivity contribution in [1.29, 1.82) is 0 Å². The van der Waals surface area contributed by atoms with Crippen LogP contribution in [0.3, 0.4) is 0 Å². The van der Waals surface area contributed by atoms with Gasteiger partial charge in [0, 0.05) is 16.2 Å². The highest BCUT2D eigenvalue weighted by Crippen LogP contribution is 2.29. The SMILES string of the molecule is Cc1c(Br)ccc(NC(=O)CSc2nnc(C(C)Oc3ccc(C(C)C)cc3)n2C(C)C)c1C. The fourth-order valence-corrected chi connectivity index (χ4v) is 4.88. The minimum Gasteiger partial charge on any atom is -0.483 e. The summed E-state index contributed by atoms with van der Waals surface area (Å²) in [5.74, 6) is 2.17. The van der Waals surface area contributed by atoms with E-state index >= 15 is 0 Å². The van der Waals surface area contributed by atoms with Gasteiger partial charge in [-0.25, -0.2) is 0 Å². The van der Waals surface area contributed by atoms with Crippen molar-refractivity contribution in [2.24, 2.45) is 0 Å². The second-order valence-electron chi connectivity index (χ2n) is 8.97. The molecule has 34 heavy (non-hydrogen) atoms. The Morgan fingerprint density at radius 3 is 2.32 bits per heavy atom. The number of nitrogens with zero attached hydrogens (tertiary/aromatic N) is 3. The molecule has 0 aliphatic carbocycles. The van der Waals surface area contributed by atoms with Gasteiger partial charge in [-0.15, -0.1) is 10.2 Å². The first kappa shape index (κ1) is 26.3. The van der Waals surface area contributed by atoms with Crippen molar-refractivity contribution in [1.82, 2.24) is 14.8 Å². The lowest BCUT2D eigenvalue weighted by molar-refractivity contribution is -0.113. The third-order valence-corrected chi connectivity index (χ3v) is 7.56. The van der Waals surface area contributed by atoms with Gasteiger partial charge in [-0.2, -0.15) is 0 Å². The molecule has 6 nitrogen and oxygen atoms in total. The Labute approximate surface area is 215 Å². The highest BCUT2D eigenvalue weighted by molar-refractivity contribution is 9.10. The maximum Gasteiger partial charge on any atom is 0.234 e. The molecule has 182 valence electrons. The Morgan fingerprint density at radius 1 is 1.03 bits per heavy atom. The average molecular weight is 546 g/mol. The fourth-order valence-electron chi connectivity index (χ4n) is 3.58. The van der Waals surface area contributed by atoms with Crippen LogP contribution in [-0.2, 0) is 4.79 Å². The molecule has 0 saturated carbocycles. The molecular weight excluding hydrogens is 512 g/mol. The second kappa shape index (κ2) is 11.4. The minimum atomic E-state index is -0.281. The van der Waals surface area contributed by atoms with Gasteiger partial charge in [-0.05, 0) is 81.5 Å². The second-order valence-corrected chi connectivity index (χ2v) is 10.8. The molecule has 0 aliphatic rings. The normalized spacial score (nSPS) is 12.3. The number of amides is 1. The maximum absolute atomic E-state index is 12.6. The molecule has 3 rings (SSSR count). The van der Waals surface area contributed by atoms with E-state index in [-0.39, 0.29) is 23.8 Å². The molecule has 0 bridgehead atoms. The summed E-state index contributed by atoms with van der Waals surface area (Å²) in [6.45, 7) is 14.5. The molecule has 0 saturated heterocycles. The summed E-state index contributed by atoms with van der Waals surface area (Å²) in [5.41, 5.74) is 4.26. The first-order valence-corrected chi connectivity index (χ1v) is 13.3. The summed E-state index contributed by atoms with van der Waals surface area (Å²) in [6.07, 6.45) is -0.281. The summed E-state index contributed by atoms with van der Waals surface area (Å²) in [4.78, 5) is 12.6. The summed E-state index contributed by atoms with van der Waals surface area (Å²) in [5, 5.41) is 12.5. The van der Waals surface area contributed by atoms with Crippen LogP contribution in [0.15, 0.2) is 46.0 Å². The Morgan fingerprint density at radius 2 is 1.71 bits per heavy atom. The first-order valence-electron chi connectivity index (χ1n) is 11.5. The molecule has 0 spiro atoms. The molecule has 1 heterocycles. The number of carbonyl (C=O) groups is 1. The van der Waals surface area contributed by atoms with Gasteiger partial charge < -0.3 is 14.6 Å². The van der Waals surface area contributed by atoms with Crippen LogP contribution in [0.2, 0.25) is 0 Å². The Balaban J connectivity index is 1.68. The van der Waals surface area contributed by atoms with Gasteiger partial charge in [-0.3, -0.25) is 4.79 Å². The monoisotopic (exact) mass is 544 g/mol. The number of nitrogens with one attached hydrogen (secondary N) is 1. The number of halogens is 1. The molecular formula is C26H33BrN4O2S. The Bertz CT molecular complexity index is 1140. The van der Waals surface area contributed by atoms with Crippen LogP contribution in [-0.4, -0.2) is 26.4 Å². The van der Waals surface area contributed by atoms with Crippen molar-refractivity contribution in [3.63, 3.8) is 0 Å². The van der Waals surface area contributed by atoms with E-state index in [2.05, 4.69) is 71.3 Å². The van der Waals surface area contributed by atoms with Crippen LogP contribution in [0, 0.1) is 13.8 Å². The highest BCUT2D eigenvalue weighted by Gasteiger charge is 2.22. The molecule has 0 radical (unpaired) electrons. The van der Waals surface area contributed by atoms with E-state index in [0.717, 1.165) is 32.9 Å². The molecule has 0 aliphatic heterocycles. The molecule has 0 fully saturated rings. The molecule has 8 heteroatoms. The molecule has 1 aromatic heterocycles. The summed E-state index contributed by atoms with van der Waals surface area (Å²) in [7, 11) is 0. The Kier molecular flexibility index (Phi) is 8.82. The van der Waals surface area contributed by atoms with E-state index in [4.69, 9.17) is 4.74 Å². The smallest absolute Gasteiger partial charge is 0.234 e. The van der Waals surface area contributed by atoms with E-state index in [1.54, 1.807) is 0 Å². The van der Waals surface area contributed by atoms with E-state index in [9.17, 15) is 4.79 Å². The number of thioether (sulfide) groups is 1. The van der Waals surface area contributed by atoms with E-state index in [0.29, 0.717) is 11.1 Å². The average Bonchev–Trinajstić information content (AvgIpc) is 3.23. The quantitative estimate of drug-likeness (QED) is 0.287. The fraction of sp³-hybridized carbons (Fsp3) is 0.423. The van der Waals surface area contributed by atoms with Gasteiger partial charge in [0.25, 0.3) is 0 Å². The molecule has 3 aromatic rings. The zero-order chi connectivity index (χ0) is 25.0. The lowest BCUT2D eigenvalue weighted by Gasteiger charge is -2.19. The third-order valence-electron chi connectivity index (χ3n) is 5.76. The number of hydrogen-bond donors (Lipinski definition) is 1. The standard InChI is InChI=1S/C26H33BrN4O2S/c1-15(2)20-8-10-21(11-9-20)33-19(7)25-29-30-26(31(25)16(3)4)34-14-24(32)28-23-13-12-22(27)17(5)18(23)6/h8-13,15-16,19H,14H2,1-7H3,(H,28,32). The summed E-state index contributed by atoms with van der Waals surface area (Å²) < 4.78 is 9.23. The van der Waals surface area contributed by atoms with Crippen LogP contribution < -0.4 is 10.1 Å². The van der Waals surface area contributed by atoms with Crippen molar-refractivity contribution in [3.8, 4) is 5.75 Å². The van der Waals surface area contributed by atoms with E-state index in [1.165, 1.54) is 17.3 Å². The van der Waals surface area contributed by atoms with Crippen LogP contribution in [0.4, 0.5) is 5.69 Å². The zero-order valence-corrected chi connectivity index (χ0v) is 23.3. The minimum absolute atomic E-state index is 0.0794. The van der Waals surface area contributed by atoms with Crippen LogP contribution >= 0.6 is 27.7 Å². The molecule has 1 N–H and O–H groups in total. The number of hydrogen-bond acceptors (Lipinski definition) is 5.